The van der Waals surface area contributed by atoms with E-state index in [1.54, 1.807) is 0 Å². The molecule has 0 unspecified atom stereocenters. The molecule has 23 rings (SSSR count). The second-order valence-electron chi connectivity index (χ2n) is 31.4. The van der Waals surface area contributed by atoms with Crippen LogP contribution in [0.1, 0.15) is 72.2 Å². The number of nitrogens with zero attached hydrogens (tertiary/aromatic N) is 6. The Morgan fingerprint density at radius 1 is 0.237 bits per heavy atom. The second-order valence-corrected chi connectivity index (χ2v) is 32.3. The van der Waals surface area contributed by atoms with Crippen molar-refractivity contribution in [2.45, 2.75) is 49.7 Å². The minimum atomic E-state index is -0.677. The van der Waals surface area contributed by atoms with Crippen LogP contribution >= 0.6 is 15.9 Å². The smallest absolute Gasteiger partial charge is 0.457 e. The second kappa shape index (κ2) is 28.8. The lowest BCUT2D eigenvalue weighted by atomic mass is 9.66. The van der Waals surface area contributed by atoms with Crippen molar-refractivity contribution in [2.24, 2.45) is 0 Å². The van der Waals surface area contributed by atoms with Gasteiger partial charge in [0, 0.05) is 54.5 Å². The summed E-state index contributed by atoms with van der Waals surface area (Å²) in [4.78, 5) is 29.8. The lowest BCUT2D eigenvalue weighted by molar-refractivity contribution is 0.00578. The number of hydrogen-bond donors (Lipinski definition) is 0. The molecule has 5 aliphatic rings. The predicted octanol–water partition coefficient (Wildman–Crippen LogP) is 25.4. The molecule has 10 nitrogen and oxygen atoms in total. The number of benzene rings is 16. The maximum absolute atomic E-state index is 6.56. The van der Waals surface area contributed by atoms with Crippen LogP contribution in [-0.4, -0.2) is 48.2 Å². The van der Waals surface area contributed by atoms with Crippen molar-refractivity contribution in [3.8, 4) is 124 Å². The van der Waals surface area contributed by atoms with Crippen LogP contribution in [0.4, 0.5) is 0 Å². The van der Waals surface area contributed by atoms with Gasteiger partial charge in [-0.25, -0.2) is 29.9 Å². The number of rotatable bonds is 8. The molecule has 1 fully saturated rings. The number of halogens is 1. The summed E-state index contributed by atoms with van der Waals surface area (Å²) in [7, 11) is -0.677. The van der Waals surface area contributed by atoms with Crippen LogP contribution in [0.5, 0.6) is 23.0 Å². The first-order chi connectivity index (χ1) is 57.9. The summed E-state index contributed by atoms with van der Waals surface area (Å²) in [5.41, 5.74) is 22.6. The van der Waals surface area contributed by atoms with Crippen molar-refractivity contribution in [3.05, 3.63) is 425 Å². The summed E-state index contributed by atoms with van der Waals surface area (Å²) in [6.07, 6.45) is 0. The Labute approximate surface area is 693 Å². The largest absolute Gasteiger partial charge is 0.534 e. The minimum absolute atomic E-state index is 0.360. The molecule has 0 radical (unpaired) electrons. The van der Waals surface area contributed by atoms with E-state index in [-0.39, 0.29) is 5.41 Å². The van der Waals surface area contributed by atoms with E-state index in [9.17, 15) is 0 Å². The zero-order chi connectivity index (χ0) is 79.3. The van der Waals surface area contributed by atoms with Gasteiger partial charge in [0.15, 0.2) is 34.8 Å². The fourth-order valence-electron chi connectivity index (χ4n) is 18.0. The molecule has 0 N–H and O–H groups in total. The van der Waals surface area contributed by atoms with Gasteiger partial charge in [0.05, 0.1) is 22.0 Å². The van der Waals surface area contributed by atoms with E-state index < -0.39 is 23.7 Å². The fraction of sp³-hybridized carbons (Fsp3) is 0.0755. The van der Waals surface area contributed by atoms with Crippen LogP contribution in [-0.2, 0) is 20.1 Å². The quantitative estimate of drug-likeness (QED) is 0.136. The molecule has 2 spiro atoms. The molecule has 5 heterocycles. The topological polar surface area (TPSA) is 114 Å². The minimum Gasteiger partial charge on any atom is -0.457 e. The zero-order valence-corrected chi connectivity index (χ0v) is 66.7. The molecular weight excluding hydrogens is 1510 g/mol. The van der Waals surface area contributed by atoms with Gasteiger partial charge in [0.25, 0.3) is 0 Å². The Balaban J connectivity index is 0.000000117. The monoisotopic (exact) mass is 1580 g/mol. The summed E-state index contributed by atoms with van der Waals surface area (Å²) in [5, 5.41) is 4.90. The van der Waals surface area contributed by atoms with Gasteiger partial charge in [-0.05, 0) is 158 Å². The molecule has 0 bridgehead atoms. The molecule has 3 aliphatic heterocycles. The Morgan fingerprint density at radius 2 is 0.534 bits per heavy atom. The molecule has 0 atom stereocenters. The van der Waals surface area contributed by atoms with Crippen molar-refractivity contribution in [3.63, 3.8) is 0 Å². The third-order valence-electron chi connectivity index (χ3n) is 24.2. The maximum Gasteiger partial charge on any atom is 0.534 e. The van der Waals surface area contributed by atoms with Crippen LogP contribution in [0.15, 0.2) is 381 Å². The van der Waals surface area contributed by atoms with Gasteiger partial charge < -0.3 is 18.8 Å². The van der Waals surface area contributed by atoms with E-state index in [0.717, 1.165) is 77.5 Å². The SMILES string of the molecule is Brc1ccc2c(c1)C1(c3ccccc3Oc3ccccc31)c1ccccc1-2.CC1(C)OB(c2nc(-c3ccccc3)nc(-c3ccc(-c4cccc5ccccc45)cc3)n2)OC1(C)C.c1ccc(-c2nc(-c3ccc(-c4cccc5ccccc45)cc3)nc(-c3ccc4c(c3)C3(c5ccccc5Oc5ccccc53)c3ccccc3-4)n2)cc1. The third-order valence-corrected chi connectivity index (χ3v) is 24.7. The summed E-state index contributed by atoms with van der Waals surface area (Å²) in [6, 6.07) is 131. The summed E-state index contributed by atoms with van der Waals surface area (Å²) < 4.78 is 26.5. The normalized spacial score (nSPS) is 14.5. The molecular formula is C106H74BBrN6O4. The van der Waals surface area contributed by atoms with Gasteiger partial charge in [-0.2, -0.15) is 0 Å². The first-order valence-electron chi connectivity index (χ1n) is 39.9. The lowest BCUT2D eigenvalue weighted by Gasteiger charge is -2.39. The van der Waals surface area contributed by atoms with Gasteiger partial charge in [-0.3, -0.25) is 0 Å². The highest BCUT2D eigenvalue weighted by molar-refractivity contribution is 9.10. The van der Waals surface area contributed by atoms with Gasteiger partial charge >= 0.3 is 7.12 Å². The number of ether oxygens (including phenoxy) is 2. The van der Waals surface area contributed by atoms with E-state index >= 15 is 0 Å². The highest BCUT2D eigenvalue weighted by atomic mass is 79.9. The summed E-state index contributed by atoms with van der Waals surface area (Å²) >= 11 is 3.71. The highest BCUT2D eigenvalue weighted by Gasteiger charge is 2.55. The Kier molecular flexibility index (Phi) is 17.6. The number of para-hydroxylation sites is 4. The molecule has 118 heavy (non-hydrogen) atoms. The number of fused-ring (bicyclic) bond motifs is 20. The van der Waals surface area contributed by atoms with E-state index in [1.807, 2.05) is 100 Å². The Hall–Kier alpha value is -13.9. The van der Waals surface area contributed by atoms with Crippen LogP contribution in [0, 0.1) is 0 Å². The highest BCUT2D eigenvalue weighted by Crippen LogP contribution is 2.64. The molecule has 2 aliphatic carbocycles. The first-order valence-corrected chi connectivity index (χ1v) is 40.7. The van der Waals surface area contributed by atoms with Crippen molar-refractivity contribution in [1.82, 2.24) is 29.9 Å². The molecule has 0 amide bonds. The summed E-state index contributed by atoms with van der Waals surface area (Å²) in [5.74, 6) is 6.65. The van der Waals surface area contributed by atoms with E-state index in [0.29, 0.717) is 34.8 Å². The average molecular weight is 1590 g/mol. The maximum atomic E-state index is 6.56. The standard InChI is InChI=1S/C50H31N3O.C31H28BN3O2.C25H15BrO/c1-2-14-34(15-3-1)47-51-48(35-27-25-33(26-28-35)38-19-12-16-32-13-4-5-17-37(32)38)53-49(52-47)36-29-30-40-39-18-6-7-20-41(39)50(44(40)31-36)42-21-8-10-23-45(42)54-46-24-11-9-22-43(46)50;1-30(2)31(3,4)37-32(36-30)29-34-27(23-12-6-5-7-13-23)33-28(35-29)24-19-17-22(18-20-24)26-16-10-14-21-11-8-9-15-25(21)26;26-16-13-14-18-17-7-1-2-8-19(17)25(22(18)15-16)20-9-3-5-11-23(20)27-24-12-6-4-10-21(24)25/h1-31H;5-20H,1-4H3;1-15H. The average Bonchev–Trinajstić information content (AvgIpc) is 1.51. The van der Waals surface area contributed by atoms with Crippen molar-refractivity contribution in [2.75, 3.05) is 0 Å². The predicted molar refractivity (Wildman–Crippen MR) is 477 cm³/mol. The van der Waals surface area contributed by atoms with Crippen molar-refractivity contribution >= 4 is 50.3 Å². The Bertz CT molecular complexity index is 6880. The van der Waals surface area contributed by atoms with Gasteiger partial charge in [0.1, 0.15) is 23.0 Å². The van der Waals surface area contributed by atoms with Gasteiger partial charge in [-0.15, -0.1) is 0 Å². The van der Waals surface area contributed by atoms with E-state index in [2.05, 4.69) is 319 Å². The number of aromatic nitrogens is 6. The van der Waals surface area contributed by atoms with E-state index in [1.165, 1.54) is 88.3 Å². The third kappa shape index (κ3) is 12.0. The number of hydrogen-bond acceptors (Lipinski definition) is 10. The van der Waals surface area contributed by atoms with Crippen LogP contribution in [0.3, 0.4) is 0 Å². The van der Waals surface area contributed by atoms with Gasteiger partial charge in [0.2, 0.25) is 0 Å². The first kappa shape index (κ1) is 71.9. The molecule has 0 saturated carbocycles. The van der Waals surface area contributed by atoms with E-state index in [4.69, 9.17) is 48.7 Å². The zero-order valence-electron chi connectivity index (χ0n) is 65.1. The molecule has 16 aromatic carbocycles. The molecule has 1 saturated heterocycles. The van der Waals surface area contributed by atoms with Gasteiger partial charge in [-0.1, -0.05) is 350 Å². The van der Waals surface area contributed by atoms with Crippen molar-refractivity contribution < 1.29 is 18.8 Å². The Morgan fingerprint density at radius 3 is 0.966 bits per heavy atom. The molecule has 562 valence electrons. The molecule has 2 aromatic heterocycles. The lowest BCUT2D eigenvalue weighted by Crippen LogP contribution is -2.41. The summed E-state index contributed by atoms with van der Waals surface area (Å²) in [6.45, 7) is 8.11. The van der Waals surface area contributed by atoms with Crippen LogP contribution in [0.25, 0.3) is 123 Å². The fourth-order valence-corrected chi connectivity index (χ4v) is 18.4. The molecule has 12 heteroatoms. The van der Waals surface area contributed by atoms with Crippen molar-refractivity contribution in [1.29, 1.82) is 0 Å². The van der Waals surface area contributed by atoms with Crippen LogP contribution in [0.2, 0.25) is 0 Å². The van der Waals surface area contributed by atoms with Crippen LogP contribution < -0.4 is 15.2 Å². The molecule has 18 aromatic rings.